The summed E-state index contributed by atoms with van der Waals surface area (Å²) in [6.45, 7) is 12.2. The first-order valence-corrected chi connectivity index (χ1v) is 20.0. The van der Waals surface area contributed by atoms with E-state index in [9.17, 15) is 0 Å². The molecule has 187 valence electrons. The van der Waals surface area contributed by atoms with E-state index in [0.29, 0.717) is 0 Å². The summed E-state index contributed by atoms with van der Waals surface area (Å²) in [6, 6.07) is 32.7. The van der Waals surface area contributed by atoms with Crippen LogP contribution >= 0.6 is 0 Å². The number of benzene rings is 5. The van der Waals surface area contributed by atoms with Crippen molar-refractivity contribution in [2.45, 2.75) is 32.7 Å². The van der Waals surface area contributed by atoms with Gasteiger partial charge in [-0.05, 0) is 24.3 Å². The van der Waals surface area contributed by atoms with Gasteiger partial charge in [-0.2, -0.15) is 0 Å². The first-order chi connectivity index (χ1) is 18.8. The number of fused-ring (bicyclic) bond motifs is 12. The van der Waals surface area contributed by atoms with Crippen LogP contribution in [0.1, 0.15) is 0 Å². The topological polar surface area (TPSA) is 8.82 Å². The Morgan fingerprint density at radius 3 is 1.59 bits per heavy atom. The van der Waals surface area contributed by atoms with Gasteiger partial charge >= 0.3 is 0 Å². The van der Waals surface area contributed by atoms with Gasteiger partial charge in [-0.25, -0.2) is 0 Å². The van der Waals surface area contributed by atoms with Crippen molar-refractivity contribution in [1.29, 1.82) is 0 Å². The normalized spacial score (nSPS) is 13.5. The number of nitrogens with zero attached hydrogens (tertiary/aromatic N) is 2. The fraction of sp³-hybridized carbons (Fsp3) is 0.143. The number of hydrogen-bond donors (Lipinski definition) is 0. The standard InChI is InChI=1S/C35H29N2Si2/c1-38(2)30-16-14-20-24-18-29-25(19-28(24)36-26-12-8-6-10-22(26)32(30)34(20)36)21-15-17-31(39(3,4)5)33-23-11-7-9-13-27(23)37(29)35(21)33/h6-19H,1-5H3. The lowest BCUT2D eigenvalue weighted by atomic mass is 10.0. The molecule has 0 aliphatic rings. The third-order valence-corrected chi connectivity index (χ3v) is 12.7. The van der Waals surface area contributed by atoms with Crippen molar-refractivity contribution in [3.63, 3.8) is 0 Å². The first kappa shape index (κ1) is 22.0. The summed E-state index contributed by atoms with van der Waals surface area (Å²) in [4.78, 5) is 0. The molecule has 39 heavy (non-hydrogen) atoms. The molecule has 0 spiro atoms. The van der Waals surface area contributed by atoms with E-state index < -0.39 is 16.9 Å². The molecule has 0 unspecified atom stereocenters. The molecule has 0 saturated carbocycles. The van der Waals surface area contributed by atoms with Crippen molar-refractivity contribution in [3.8, 4) is 0 Å². The minimum absolute atomic E-state index is 0.612. The van der Waals surface area contributed by atoms with Gasteiger partial charge in [0, 0.05) is 43.1 Å². The quantitative estimate of drug-likeness (QED) is 0.197. The predicted octanol–water partition coefficient (Wildman–Crippen LogP) is 8.49. The maximum Gasteiger partial charge on any atom is 0.0801 e. The van der Waals surface area contributed by atoms with E-state index in [4.69, 9.17) is 0 Å². The van der Waals surface area contributed by atoms with Crippen LogP contribution in [-0.4, -0.2) is 25.7 Å². The van der Waals surface area contributed by atoms with Crippen molar-refractivity contribution < 1.29 is 0 Å². The third-order valence-electron chi connectivity index (χ3n) is 9.15. The van der Waals surface area contributed by atoms with Crippen LogP contribution < -0.4 is 10.4 Å². The minimum atomic E-state index is -1.55. The second-order valence-electron chi connectivity index (χ2n) is 12.6. The van der Waals surface area contributed by atoms with Crippen molar-refractivity contribution in [2.24, 2.45) is 0 Å². The average Bonchev–Trinajstić information content (AvgIpc) is 3.64. The highest BCUT2D eigenvalue weighted by Gasteiger charge is 2.27. The van der Waals surface area contributed by atoms with E-state index in [0.717, 1.165) is 0 Å². The van der Waals surface area contributed by atoms with Crippen LogP contribution in [0.5, 0.6) is 0 Å². The van der Waals surface area contributed by atoms with Crippen LogP contribution in [0, 0.1) is 0 Å². The lowest BCUT2D eigenvalue weighted by Crippen LogP contribution is -2.37. The van der Waals surface area contributed by atoms with Gasteiger partial charge in [0.1, 0.15) is 0 Å². The van der Waals surface area contributed by atoms with Crippen LogP contribution in [0.2, 0.25) is 32.7 Å². The second-order valence-corrected chi connectivity index (χ2v) is 20.2. The van der Waals surface area contributed by atoms with Crippen molar-refractivity contribution in [1.82, 2.24) is 8.80 Å². The Morgan fingerprint density at radius 2 is 1.03 bits per heavy atom. The van der Waals surface area contributed by atoms with Gasteiger partial charge in [0.25, 0.3) is 0 Å². The van der Waals surface area contributed by atoms with Gasteiger partial charge in [-0.3, -0.25) is 0 Å². The average molecular weight is 534 g/mol. The number of rotatable bonds is 2. The van der Waals surface area contributed by atoms with Crippen molar-refractivity contribution in [2.75, 3.05) is 0 Å². The maximum atomic E-state index is 2.57. The van der Waals surface area contributed by atoms with Gasteiger partial charge in [-0.1, -0.05) is 104 Å². The first-order valence-electron chi connectivity index (χ1n) is 14.0. The van der Waals surface area contributed by atoms with Crippen LogP contribution in [0.4, 0.5) is 0 Å². The Labute approximate surface area is 229 Å². The Hall–Kier alpha value is -3.87. The van der Waals surface area contributed by atoms with E-state index in [1.165, 1.54) is 81.4 Å². The fourth-order valence-corrected chi connectivity index (χ4v) is 10.3. The zero-order valence-corrected chi connectivity index (χ0v) is 25.0. The molecule has 0 amide bonds. The smallest absolute Gasteiger partial charge is 0.0801 e. The van der Waals surface area contributed by atoms with Crippen molar-refractivity contribution in [3.05, 3.63) is 84.9 Å². The van der Waals surface area contributed by atoms with E-state index in [-0.39, 0.29) is 0 Å². The Morgan fingerprint density at radius 1 is 0.513 bits per heavy atom. The predicted molar refractivity (Wildman–Crippen MR) is 176 cm³/mol. The lowest BCUT2D eigenvalue weighted by molar-refractivity contribution is 1.36. The molecule has 9 rings (SSSR count). The summed E-state index contributed by atoms with van der Waals surface area (Å²) in [5.41, 5.74) is 8.10. The lowest BCUT2D eigenvalue weighted by Gasteiger charge is -2.18. The highest BCUT2D eigenvalue weighted by molar-refractivity contribution is 6.90. The molecule has 0 atom stereocenters. The largest absolute Gasteiger partial charge is 0.308 e. The van der Waals surface area contributed by atoms with Gasteiger partial charge < -0.3 is 8.80 Å². The molecule has 5 aromatic carbocycles. The molecular weight excluding hydrogens is 505 g/mol. The molecule has 0 saturated heterocycles. The molecule has 9 aromatic rings. The maximum absolute atomic E-state index is 2.57. The highest BCUT2D eigenvalue weighted by Crippen LogP contribution is 2.44. The molecule has 1 radical (unpaired) electrons. The minimum Gasteiger partial charge on any atom is -0.308 e. The summed E-state index contributed by atoms with van der Waals surface area (Å²) in [7, 11) is -2.16. The summed E-state index contributed by atoms with van der Waals surface area (Å²) in [5, 5.41) is 14.3. The molecule has 4 heterocycles. The van der Waals surface area contributed by atoms with E-state index >= 15 is 0 Å². The zero-order valence-electron chi connectivity index (χ0n) is 23.0. The monoisotopic (exact) mass is 533 g/mol. The summed E-state index contributed by atoms with van der Waals surface area (Å²) >= 11 is 0. The Bertz CT molecular complexity index is 2450. The van der Waals surface area contributed by atoms with Crippen LogP contribution in [-0.2, 0) is 0 Å². The van der Waals surface area contributed by atoms with Gasteiger partial charge in [0.2, 0.25) is 0 Å². The molecule has 0 aliphatic heterocycles. The molecule has 0 fully saturated rings. The van der Waals surface area contributed by atoms with E-state index in [2.05, 4.69) is 126 Å². The zero-order chi connectivity index (χ0) is 26.4. The molecule has 4 aromatic heterocycles. The van der Waals surface area contributed by atoms with E-state index in [1.807, 2.05) is 0 Å². The Kier molecular flexibility index (Phi) is 3.95. The summed E-state index contributed by atoms with van der Waals surface area (Å²) < 4.78 is 5.12. The van der Waals surface area contributed by atoms with Gasteiger partial charge in [0.05, 0.1) is 50.0 Å². The molecule has 2 nitrogen and oxygen atoms in total. The van der Waals surface area contributed by atoms with Crippen LogP contribution in [0.15, 0.2) is 84.9 Å². The third kappa shape index (κ3) is 2.53. The second kappa shape index (κ2) is 7.01. The number of hydrogen-bond acceptors (Lipinski definition) is 0. The number of aromatic nitrogens is 2. The van der Waals surface area contributed by atoms with Gasteiger partial charge in [0.15, 0.2) is 0 Å². The van der Waals surface area contributed by atoms with Gasteiger partial charge in [-0.15, -0.1) is 0 Å². The molecule has 0 N–H and O–H groups in total. The molecule has 0 aliphatic carbocycles. The molecular formula is C35H29N2Si2. The summed E-state index contributed by atoms with van der Waals surface area (Å²) in [6.07, 6.45) is 0. The SMILES string of the molecule is C[Si](C)c1ccc2c3cc4c(cc3n3c5ccccc5c1c23)c1ccc([Si](C)(C)C)c2c3ccccc3n4c12. The molecule has 4 heteroatoms. The molecule has 0 bridgehead atoms. The van der Waals surface area contributed by atoms with Crippen LogP contribution in [0.25, 0.3) is 76.2 Å². The number of para-hydroxylation sites is 2. The Balaban J connectivity index is 1.56. The van der Waals surface area contributed by atoms with Crippen LogP contribution in [0.3, 0.4) is 0 Å². The fourth-order valence-electron chi connectivity index (χ4n) is 7.55. The summed E-state index contributed by atoms with van der Waals surface area (Å²) in [5.74, 6) is 0. The van der Waals surface area contributed by atoms with Crippen molar-refractivity contribution >= 4 is 103 Å². The highest BCUT2D eigenvalue weighted by atomic mass is 28.3. The van der Waals surface area contributed by atoms with E-state index in [1.54, 1.807) is 5.19 Å².